The number of sulfone groups is 1. The summed E-state index contributed by atoms with van der Waals surface area (Å²) in [6.45, 7) is 3.19. The lowest BCUT2D eigenvalue weighted by Gasteiger charge is -2.06. The Morgan fingerprint density at radius 3 is 2.36 bits per heavy atom. The molecule has 1 aromatic rings. The van der Waals surface area contributed by atoms with Gasteiger partial charge in [-0.1, -0.05) is 36.9 Å². The van der Waals surface area contributed by atoms with Gasteiger partial charge < -0.3 is 0 Å². The molecule has 1 unspecified atom stereocenters. The van der Waals surface area contributed by atoms with Gasteiger partial charge in [0.05, 0.1) is 6.07 Å². The van der Waals surface area contributed by atoms with Crippen LogP contribution in [0.4, 0.5) is 0 Å². The summed E-state index contributed by atoms with van der Waals surface area (Å²) in [5, 5.41) is 8.43. The average Bonchev–Trinajstić information content (AvgIpc) is 2.20. The molecule has 0 aliphatic heterocycles. The summed E-state index contributed by atoms with van der Waals surface area (Å²) in [5.41, 5.74) is 0.468. The largest absolute Gasteiger partial charge is 0.223 e. The minimum absolute atomic E-state index is 0.468. The van der Waals surface area contributed by atoms with E-state index in [0.29, 0.717) is 5.56 Å². The Balaban J connectivity index is 3.21. The number of hydrogen-bond donors (Lipinski definition) is 0. The summed E-state index contributed by atoms with van der Waals surface area (Å²) in [6, 6.07) is 10.1. The maximum Gasteiger partial charge on any atom is 0.191 e. The summed E-state index contributed by atoms with van der Waals surface area (Å²) in [5.74, 6) is 0. The normalized spacial score (nSPS) is 12.8. The van der Waals surface area contributed by atoms with Crippen molar-refractivity contribution in [2.75, 3.05) is 0 Å². The lowest BCUT2D eigenvalue weighted by atomic mass is 10.2. The van der Waals surface area contributed by atoms with Gasteiger partial charge in [-0.3, -0.25) is 0 Å². The molecule has 3 nitrogen and oxygen atoms in total. The molecular weight excluding hydrogens is 198 g/mol. The SMILES string of the molecule is C=CS(=O)(=O)C(C#N)c1ccccc1. The van der Waals surface area contributed by atoms with Gasteiger partial charge in [-0.05, 0) is 5.56 Å². The van der Waals surface area contributed by atoms with Gasteiger partial charge in [-0.15, -0.1) is 0 Å². The van der Waals surface area contributed by atoms with Crippen molar-refractivity contribution in [3.8, 4) is 6.07 Å². The fourth-order valence-electron chi connectivity index (χ4n) is 1.06. The van der Waals surface area contributed by atoms with E-state index in [0.717, 1.165) is 5.41 Å². The Morgan fingerprint density at radius 1 is 1.36 bits per heavy atom. The number of nitrogens with zero attached hydrogens (tertiary/aromatic N) is 1. The molecule has 0 aliphatic carbocycles. The van der Waals surface area contributed by atoms with Crippen LogP contribution >= 0.6 is 0 Å². The van der Waals surface area contributed by atoms with Crippen molar-refractivity contribution >= 4 is 9.84 Å². The van der Waals surface area contributed by atoms with Crippen molar-refractivity contribution in [3.63, 3.8) is 0 Å². The molecule has 0 heterocycles. The Labute approximate surface area is 83.2 Å². The molecule has 72 valence electrons. The van der Waals surface area contributed by atoms with Crippen LogP contribution in [0.5, 0.6) is 0 Å². The van der Waals surface area contributed by atoms with Crippen molar-refractivity contribution < 1.29 is 8.42 Å². The van der Waals surface area contributed by atoms with E-state index in [2.05, 4.69) is 6.58 Å². The van der Waals surface area contributed by atoms with Gasteiger partial charge in [0.2, 0.25) is 0 Å². The zero-order valence-electron chi connectivity index (χ0n) is 7.42. The monoisotopic (exact) mass is 207 g/mol. The quantitative estimate of drug-likeness (QED) is 0.759. The molecule has 1 atom stereocenters. The van der Waals surface area contributed by atoms with Gasteiger partial charge in [0.1, 0.15) is 0 Å². The molecule has 0 saturated carbocycles. The number of rotatable bonds is 3. The standard InChI is InChI=1S/C10H9NO2S/c1-2-14(12,13)10(8-11)9-6-4-3-5-7-9/h2-7,10H,1H2. The van der Waals surface area contributed by atoms with E-state index < -0.39 is 15.1 Å². The second-order valence-electron chi connectivity index (χ2n) is 2.68. The maximum atomic E-state index is 11.4. The molecule has 0 saturated heterocycles. The summed E-state index contributed by atoms with van der Waals surface area (Å²) >= 11 is 0. The van der Waals surface area contributed by atoms with Crippen LogP contribution in [-0.2, 0) is 9.84 Å². The van der Waals surface area contributed by atoms with Crippen LogP contribution in [0.15, 0.2) is 42.3 Å². The van der Waals surface area contributed by atoms with E-state index in [1.807, 2.05) is 0 Å². The second kappa shape index (κ2) is 4.07. The first-order valence-corrected chi connectivity index (χ1v) is 5.53. The molecule has 14 heavy (non-hydrogen) atoms. The van der Waals surface area contributed by atoms with E-state index in [-0.39, 0.29) is 0 Å². The van der Waals surface area contributed by atoms with Crippen LogP contribution < -0.4 is 0 Å². The highest BCUT2D eigenvalue weighted by Gasteiger charge is 2.23. The molecule has 0 N–H and O–H groups in total. The Bertz CT molecular complexity index is 457. The number of nitriles is 1. The first-order chi connectivity index (χ1) is 6.61. The maximum absolute atomic E-state index is 11.4. The third kappa shape index (κ3) is 2.01. The zero-order valence-corrected chi connectivity index (χ0v) is 8.24. The van der Waals surface area contributed by atoms with Crippen molar-refractivity contribution in [2.24, 2.45) is 0 Å². The summed E-state index contributed by atoms with van der Waals surface area (Å²) in [4.78, 5) is 0. The minimum Gasteiger partial charge on any atom is -0.223 e. The fraction of sp³-hybridized carbons (Fsp3) is 0.100. The summed E-state index contributed by atoms with van der Waals surface area (Å²) < 4.78 is 22.8. The first-order valence-electron chi connectivity index (χ1n) is 3.92. The summed E-state index contributed by atoms with van der Waals surface area (Å²) in [7, 11) is -3.56. The van der Waals surface area contributed by atoms with Crippen LogP contribution in [0.25, 0.3) is 0 Å². The van der Waals surface area contributed by atoms with E-state index in [1.54, 1.807) is 36.4 Å². The van der Waals surface area contributed by atoms with E-state index >= 15 is 0 Å². The van der Waals surface area contributed by atoms with Gasteiger partial charge in [0, 0.05) is 5.41 Å². The second-order valence-corrected chi connectivity index (χ2v) is 4.66. The van der Waals surface area contributed by atoms with Crippen LogP contribution in [0.3, 0.4) is 0 Å². The topological polar surface area (TPSA) is 57.9 Å². The lowest BCUT2D eigenvalue weighted by Crippen LogP contribution is -2.07. The van der Waals surface area contributed by atoms with Gasteiger partial charge in [-0.2, -0.15) is 5.26 Å². The molecule has 0 fully saturated rings. The van der Waals surface area contributed by atoms with Crippen LogP contribution in [0.1, 0.15) is 10.8 Å². The molecule has 0 amide bonds. The van der Waals surface area contributed by atoms with Crippen LogP contribution in [0, 0.1) is 11.3 Å². The zero-order chi connectivity index (χ0) is 10.6. The Hall–Kier alpha value is -1.60. The molecule has 0 radical (unpaired) electrons. The Kier molecular flexibility index (Phi) is 3.05. The van der Waals surface area contributed by atoms with E-state index in [9.17, 15) is 8.42 Å². The smallest absolute Gasteiger partial charge is 0.191 e. The molecule has 0 bridgehead atoms. The van der Waals surface area contributed by atoms with Crippen LogP contribution in [-0.4, -0.2) is 8.42 Å². The average molecular weight is 207 g/mol. The van der Waals surface area contributed by atoms with Crippen molar-refractivity contribution in [1.29, 1.82) is 5.26 Å². The lowest BCUT2D eigenvalue weighted by molar-refractivity contribution is 0.600. The molecule has 1 aromatic carbocycles. The van der Waals surface area contributed by atoms with Crippen molar-refractivity contribution in [1.82, 2.24) is 0 Å². The summed E-state index contributed by atoms with van der Waals surface area (Å²) in [6.07, 6.45) is 0. The van der Waals surface area contributed by atoms with Crippen LogP contribution in [0.2, 0.25) is 0 Å². The predicted molar refractivity (Wildman–Crippen MR) is 53.9 cm³/mol. The number of benzene rings is 1. The van der Waals surface area contributed by atoms with Gasteiger partial charge in [0.25, 0.3) is 0 Å². The third-order valence-corrected chi connectivity index (χ3v) is 3.28. The third-order valence-electron chi connectivity index (χ3n) is 1.78. The number of hydrogen-bond acceptors (Lipinski definition) is 3. The Morgan fingerprint density at radius 2 is 1.93 bits per heavy atom. The highest BCUT2D eigenvalue weighted by molar-refractivity contribution is 7.94. The first kappa shape index (κ1) is 10.5. The van der Waals surface area contributed by atoms with E-state index in [1.165, 1.54) is 0 Å². The molecule has 0 aliphatic rings. The molecule has 0 aromatic heterocycles. The molecule has 4 heteroatoms. The van der Waals surface area contributed by atoms with Crippen molar-refractivity contribution in [3.05, 3.63) is 47.9 Å². The molecule has 0 spiro atoms. The van der Waals surface area contributed by atoms with Gasteiger partial charge in [0.15, 0.2) is 15.1 Å². The van der Waals surface area contributed by atoms with Gasteiger partial charge in [-0.25, -0.2) is 8.42 Å². The minimum atomic E-state index is -3.56. The molecular formula is C10H9NO2S. The van der Waals surface area contributed by atoms with E-state index in [4.69, 9.17) is 5.26 Å². The fourth-order valence-corrected chi connectivity index (χ4v) is 1.94. The van der Waals surface area contributed by atoms with Gasteiger partial charge >= 0.3 is 0 Å². The highest BCUT2D eigenvalue weighted by Crippen LogP contribution is 2.22. The predicted octanol–water partition coefficient (Wildman–Crippen LogP) is 1.81. The highest BCUT2D eigenvalue weighted by atomic mass is 32.2. The molecule has 1 rings (SSSR count). The van der Waals surface area contributed by atoms with Crippen molar-refractivity contribution in [2.45, 2.75) is 5.25 Å².